The predicted molar refractivity (Wildman–Crippen MR) is 118 cm³/mol. The highest BCUT2D eigenvalue weighted by molar-refractivity contribution is 5.91. The van der Waals surface area contributed by atoms with E-state index in [9.17, 15) is 9.59 Å². The molecule has 0 bridgehead atoms. The molecule has 0 atom stereocenters. The number of carbonyl (C=O) groups excluding carboxylic acids is 1. The lowest BCUT2D eigenvalue weighted by atomic mass is 10.1. The van der Waals surface area contributed by atoms with Crippen LogP contribution in [-0.4, -0.2) is 33.9 Å². The van der Waals surface area contributed by atoms with E-state index in [0.29, 0.717) is 58.3 Å². The molecule has 0 fully saturated rings. The molecule has 0 unspecified atom stereocenters. The second-order valence-corrected chi connectivity index (χ2v) is 6.77. The van der Waals surface area contributed by atoms with Crippen molar-refractivity contribution < 1.29 is 32.9 Å². The number of hydrogen-bond acceptors (Lipinski definition) is 8. The Labute approximate surface area is 185 Å². The van der Waals surface area contributed by atoms with Gasteiger partial charge in [0.15, 0.2) is 16.9 Å². The Balaban J connectivity index is 1.99. The quantitative estimate of drug-likeness (QED) is 0.457. The summed E-state index contributed by atoms with van der Waals surface area (Å²) in [5.41, 5.74) is 0.882. The summed E-state index contributed by atoms with van der Waals surface area (Å²) in [6.07, 6.45) is 0.550. The third-order valence-corrected chi connectivity index (χ3v) is 4.90. The zero-order valence-corrected chi connectivity index (χ0v) is 18.8. The number of esters is 1. The van der Waals surface area contributed by atoms with Crippen LogP contribution in [0.15, 0.2) is 39.5 Å². The molecule has 0 radical (unpaired) electrons. The third-order valence-electron chi connectivity index (χ3n) is 4.90. The fourth-order valence-electron chi connectivity index (χ4n) is 3.33. The van der Waals surface area contributed by atoms with Gasteiger partial charge in [0.25, 0.3) is 0 Å². The molecule has 0 saturated carbocycles. The maximum atomic E-state index is 12.8. The molecule has 0 saturated heterocycles. The Morgan fingerprint density at radius 1 is 0.938 bits per heavy atom. The zero-order valence-electron chi connectivity index (χ0n) is 18.8. The normalized spacial score (nSPS) is 10.7. The molecule has 170 valence electrons. The number of methoxy groups -OCH3 is 3. The summed E-state index contributed by atoms with van der Waals surface area (Å²) in [6, 6.07) is 7.80. The number of hydrogen-bond donors (Lipinski definition) is 0. The molecule has 2 aromatic carbocycles. The molecule has 32 heavy (non-hydrogen) atoms. The molecule has 0 aliphatic heterocycles. The SMILES string of the molecule is CCOc1ccc2c(=O)cc(CC)oc2c1COC(=O)c1cc(OC)c(OC)c(OC)c1. The van der Waals surface area contributed by atoms with Gasteiger partial charge in [0.2, 0.25) is 5.75 Å². The van der Waals surface area contributed by atoms with Crippen molar-refractivity contribution >= 4 is 16.9 Å². The lowest BCUT2D eigenvalue weighted by Gasteiger charge is -2.15. The smallest absolute Gasteiger partial charge is 0.338 e. The van der Waals surface area contributed by atoms with Gasteiger partial charge in [0, 0.05) is 12.5 Å². The van der Waals surface area contributed by atoms with Gasteiger partial charge in [-0.05, 0) is 31.2 Å². The fraction of sp³-hybridized carbons (Fsp3) is 0.333. The van der Waals surface area contributed by atoms with Crippen LogP contribution in [-0.2, 0) is 17.8 Å². The van der Waals surface area contributed by atoms with Crippen LogP contribution in [0.2, 0.25) is 0 Å². The van der Waals surface area contributed by atoms with Crippen molar-refractivity contribution in [3.05, 3.63) is 57.4 Å². The Hall–Kier alpha value is -3.68. The van der Waals surface area contributed by atoms with Gasteiger partial charge in [0.1, 0.15) is 23.7 Å². The summed E-state index contributed by atoms with van der Waals surface area (Å²) in [5.74, 6) is 1.43. The number of rotatable bonds is 9. The van der Waals surface area contributed by atoms with Gasteiger partial charge in [-0.1, -0.05) is 6.92 Å². The summed E-state index contributed by atoms with van der Waals surface area (Å²) < 4.78 is 33.1. The highest BCUT2D eigenvalue weighted by Gasteiger charge is 2.20. The van der Waals surface area contributed by atoms with Gasteiger partial charge in [-0.15, -0.1) is 0 Å². The summed E-state index contributed by atoms with van der Waals surface area (Å²) in [7, 11) is 4.40. The van der Waals surface area contributed by atoms with E-state index in [4.69, 9.17) is 28.1 Å². The number of ether oxygens (including phenoxy) is 5. The Kier molecular flexibility index (Phi) is 7.25. The number of benzene rings is 2. The van der Waals surface area contributed by atoms with E-state index in [-0.39, 0.29) is 17.6 Å². The van der Waals surface area contributed by atoms with Gasteiger partial charge < -0.3 is 28.1 Å². The minimum atomic E-state index is -0.613. The van der Waals surface area contributed by atoms with Crippen molar-refractivity contribution in [1.82, 2.24) is 0 Å². The monoisotopic (exact) mass is 442 g/mol. The van der Waals surface area contributed by atoms with Crippen molar-refractivity contribution in [2.24, 2.45) is 0 Å². The van der Waals surface area contributed by atoms with Crippen molar-refractivity contribution in [3.63, 3.8) is 0 Å². The van der Waals surface area contributed by atoms with E-state index in [1.165, 1.54) is 39.5 Å². The summed E-state index contributed by atoms with van der Waals surface area (Å²) in [4.78, 5) is 25.3. The van der Waals surface area contributed by atoms with Crippen LogP contribution in [0.25, 0.3) is 11.0 Å². The topological polar surface area (TPSA) is 93.4 Å². The van der Waals surface area contributed by atoms with Crippen molar-refractivity contribution in [1.29, 1.82) is 0 Å². The third kappa shape index (κ3) is 4.49. The molecule has 0 N–H and O–H groups in total. The maximum absolute atomic E-state index is 12.8. The lowest BCUT2D eigenvalue weighted by molar-refractivity contribution is 0.0469. The molecule has 8 nitrogen and oxygen atoms in total. The molecule has 0 spiro atoms. The van der Waals surface area contributed by atoms with Gasteiger partial charge in [-0.3, -0.25) is 4.79 Å². The first kappa shape index (κ1) is 23.0. The summed E-state index contributed by atoms with van der Waals surface area (Å²) in [6.45, 7) is 3.98. The van der Waals surface area contributed by atoms with Crippen molar-refractivity contribution in [2.75, 3.05) is 27.9 Å². The molecule has 8 heteroatoms. The Morgan fingerprint density at radius 2 is 1.62 bits per heavy atom. The van der Waals surface area contributed by atoms with E-state index < -0.39 is 5.97 Å². The Bertz CT molecular complexity index is 1150. The number of fused-ring (bicyclic) bond motifs is 1. The standard InChI is InChI=1S/C24H26O8/c1-6-15-12-18(25)16-8-9-19(30-7-2)17(22(16)32-15)13-31-24(26)14-10-20(27-3)23(29-5)21(11-14)28-4/h8-12H,6-7,13H2,1-5H3. The lowest BCUT2D eigenvalue weighted by Crippen LogP contribution is -2.10. The summed E-state index contributed by atoms with van der Waals surface area (Å²) in [5, 5.41) is 0.393. The van der Waals surface area contributed by atoms with E-state index >= 15 is 0 Å². The minimum Gasteiger partial charge on any atom is -0.493 e. The molecular weight excluding hydrogens is 416 g/mol. The van der Waals surface area contributed by atoms with Gasteiger partial charge in [-0.2, -0.15) is 0 Å². The van der Waals surface area contributed by atoms with Crippen LogP contribution in [0.3, 0.4) is 0 Å². The molecular formula is C24H26O8. The minimum absolute atomic E-state index is 0.154. The average Bonchev–Trinajstić information content (AvgIpc) is 2.81. The predicted octanol–water partition coefficient (Wildman–Crippen LogP) is 4.14. The van der Waals surface area contributed by atoms with Crippen molar-refractivity contribution in [2.45, 2.75) is 26.9 Å². The first-order valence-electron chi connectivity index (χ1n) is 10.2. The van der Waals surface area contributed by atoms with Crippen LogP contribution in [0.4, 0.5) is 0 Å². The van der Waals surface area contributed by atoms with E-state index in [0.717, 1.165) is 0 Å². The van der Waals surface area contributed by atoms with Gasteiger partial charge >= 0.3 is 5.97 Å². The van der Waals surface area contributed by atoms with Crippen molar-refractivity contribution in [3.8, 4) is 23.0 Å². The summed E-state index contributed by atoms with van der Waals surface area (Å²) >= 11 is 0. The molecule has 0 aliphatic rings. The molecule has 0 amide bonds. The molecule has 3 rings (SSSR count). The average molecular weight is 442 g/mol. The van der Waals surface area contributed by atoms with Gasteiger partial charge in [0.05, 0.1) is 44.4 Å². The maximum Gasteiger partial charge on any atom is 0.338 e. The van der Waals surface area contributed by atoms with E-state index in [2.05, 4.69) is 0 Å². The second kappa shape index (κ2) is 10.1. The fourth-order valence-corrected chi connectivity index (χ4v) is 3.33. The molecule has 1 heterocycles. The van der Waals surface area contributed by atoms with Crippen LogP contribution < -0.4 is 24.4 Å². The number of carbonyl (C=O) groups is 1. The van der Waals surface area contributed by atoms with Crippen LogP contribution in [0.5, 0.6) is 23.0 Å². The van der Waals surface area contributed by atoms with Crippen LogP contribution >= 0.6 is 0 Å². The first-order chi connectivity index (χ1) is 15.5. The second-order valence-electron chi connectivity index (χ2n) is 6.77. The molecule has 1 aromatic heterocycles. The number of aryl methyl sites for hydroxylation is 1. The largest absolute Gasteiger partial charge is 0.493 e. The van der Waals surface area contributed by atoms with E-state index in [1.807, 2.05) is 13.8 Å². The van der Waals surface area contributed by atoms with Crippen LogP contribution in [0, 0.1) is 0 Å². The molecule has 3 aromatic rings. The van der Waals surface area contributed by atoms with E-state index in [1.54, 1.807) is 12.1 Å². The first-order valence-corrected chi connectivity index (χ1v) is 10.2. The Morgan fingerprint density at radius 3 is 2.19 bits per heavy atom. The zero-order chi connectivity index (χ0) is 23.3. The van der Waals surface area contributed by atoms with Gasteiger partial charge in [-0.25, -0.2) is 4.79 Å². The molecule has 0 aliphatic carbocycles. The highest BCUT2D eigenvalue weighted by Crippen LogP contribution is 2.38. The van der Waals surface area contributed by atoms with Crippen LogP contribution in [0.1, 0.15) is 35.5 Å². The highest BCUT2D eigenvalue weighted by atomic mass is 16.5.